The van der Waals surface area contributed by atoms with Crippen LogP contribution in [0.3, 0.4) is 0 Å². The molecule has 0 aliphatic carbocycles. The standard InChI is InChI=1S/C28H30N4O3/c1-18(2)23-6-4-5-7-24(23)26-29-15-22-14-25(33)32(27(22)30-26)16-20-8-10-21(11-9-20)28(34)31-12-13-35-17-19(31)3/h4-11,15,18-19H,12-14,16-17H2,1-3H3/t19-/m1/s1. The number of carbonyl (C=O) groups excluding carboxylic acids is 2. The number of amides is 2. The number of ether oxygens (including phenoxy) is 1. The van der Waals surface area contributed by atoms with Crippen LogP contribution in [0.25, 0.3) is 11.4 Å². The van der Waals surface area contributed by atoms with Crippen LogP contribution in [0.15, 0.2) is 54.7 Å². The Labute approximate surface area is 205 Å². The molecule has 0 radical (unpaired) electrons. The Morgan fingerprint density at radius 3 is 2.66 bits per heavy atom. The summed E-state index contributed by atoms with van der Waals surface area (Å²) in [5, 5.41) is 0. The first kappa shape index (κ1) is 23.2. The second-order valence-corrected chi connectivity index (χ2v) is 9.56. The Kier molecular flexibility index (Phi) is 6.34. The Bertz CT molecular complexity index is 1260. The van der Waals surface area contributed by atoms with Crippen LogP contribution in [0.1, 0.15) is 53.7 Å². The Morgan fingerprint density at radius 2 is 1.91 bits per heavy atom. The smallest absolute Gasteiger partial charge is 0.254 e. The van der Waals surface area contributed by atoms with Crippen LogP contribution in [-0.2, 0) is 22.5 Å². The molecular formula is C28H30N4O3. The normalized spacial score (nSPS) is 17.7. The molecule has 7 nitrogen and oxygen atoms in total. The van der Waals surface area contributed by atoms with Crippen LogP contribution >= 0.6 is 0 Å². The van der Waals surface area contributed by atoms with Crippen molar-refractivity contribution in [2.75, 3.05) is 24.7 Å². The molecule has 0 N–H and O–H groups in total. The third-order valence-electron chi connectivity index (χ3n) is 6.73. The van der Waals surface area contributed by atoms with Gasteiger partial charge in [0.15, 0.2) is 5.82 Å². The van der Waals surface area contributed by atoms with Crippen molar-refractivity contribution in [3.05, 3.63) is 77.0 Å². The summed E-state index contributed by atoms with van der Waals surface area (Å²) in [6.07, 6.45) is 2.07. The summed E-state index contributed by atoms with van der Waals surface area (Å²) >= 11 is 0. The van der Waals surface area contributed by atoms with E-state index in [9.17, 15) is 9.59 Å². The van der Waals surface area contributed by atoms with E-state index in [4.69, 9.17) is 9.72 Å². The van der Waals surface area contributed by atoms with Crippen LogP contribution in [0, 0.1) is 0 Å². The second-order valence-electron chi connectivity index (χ2n) is 9.56. The molecule has 3 aromatic rings. The van der Waals surface area contributed by atoms with Gasteiger partial charge in [0.1, 0.15) is 5.82 Å². The first-order valence-corrected chi connectivity index (χ1v) is 12.2. The third kappa shape index (κ3) is 4.56. The summed E-state index contributed by atoms with van der Waals surface area (Å²) in [7, 11) is 0. The molecule has 2 amide bonds. The lowest BCUT2D eigenvalue weighted by atomic mass is 9.97. The molecule has 35 heavy (non-hydrogen) atoms. The van der Waals surface area contributed by atoms with Gasteiger partial charge in [-0.25, -0.2) is 9.97 Å². The van der Waals surface area contributed by atoms with Crippen LogP contribution < -0.4 is 4.90 Å². The quantitative estimate of drug-likeness (QED) is 0.558. The molecule has 1 atom stereocenters. The second kappa shape index (κ2) is 9.58. The summed E-state index contributed by atoms with van der Waals surface area (Å²) in [4.78, 5) is 38.8. The number of morpholine rings is 1. The Balaban J connectivity index is 1.37. The van der Waals surface area contributed by atoms with Crippen molar-refractivity contribution in [2.24, 2.45) is 0 Å². The lowest BCUT2D eigenvalue weighted by Gasteiger charge is -2.33. The number of carbonyl (C=O) groups is 2. The summed E-state index contributed by atoms with van der Waals surface area (Å²) in [5.74, 6) is 1.65. The monoisotopic (exact) mass is 470 g/mol. The van der Waals surface area contributed by atoms with Crippen molar-refractivity contribution in [1.29, 1.82) is 0 Å². The minimum atomic E-state index is 0.00545. The average Bonchev–Trinajstić information content (AvgIpc) is 3.18. The van der Waals surface area contributed by atoms with Crippen LogP contribution in [-0.4, -0.2) is 52.5 Å². The maximum Gasteiger partial charge on any atom is 0.254 e. The maximum atomic E-state index is 12.9. The van der Waals surface area contributed by atoms with Gasteiger partial charge in [-0.1, -0.05) is 50.2 Å². The first-order valence-electron chi connectivity index (χ1n) is 12.2. The van der Waals surface area contributed by atoms with Gasteiger partial charge in [0.25, 0.3) is 5.91 Å². The third-order valence-corrected chi connectivity index (χ3v) is 6.73. The molecular weight excluding hydrogens is 440 g/mol. The van der Waals surface area contributed by atoms with Gasteiger partial charge in [-0.3, -0.25) is 14.5 Å². The fourth-order valence-electron chi connectivity index (χ4n) is 4.76. The van der Waals surface area contributed by atoms with Gasteiger partial charge in [-0.15, -0.1) is 0 Å². The molecule has 0 saturated carbocycles. The van der Waals surface area contributed by atoms with E-state index in [1.165, 1.54) is 5.56 Å². The van der Waals surface area contributed by atoms with Crippen molar-refractivity contribution < 1.29 is 14.3 Å². The van der Waals surface area contributed by atoms with E-state index in [2.05, 4.69) is 24.9 Å². The van der Waals surface area contributed by atoms with E-state index in [-0.39, 0.29) is 17.9 Å². The number of aromatic nitrogens is 2. The summed E-state index contributed by atoms with van der Waals surface area (Å²) in [6, 6.07) is 15.7. The molecule has 3 heterocycles. The molecule has 5 rings (SSSR count). The fourth-order valence-corrected chi connectivity index (χ4v) is 4.76. The minimum Gasteiger partial charge on any atom is -0.377 e. The zero-order valence-corrected chi connectivity index (χ0v) is 20.4. The number of nitrogens with zero attached hydrogens (tertiary/aromatic N) is 4. The molecule has 0 bridgehead atoms. The Hall–Kier alpha value is -3.58. The molecule has 180 valence electrons. The van der Waals surface area contributed by atoms with Crippen molar-refractivity contribution in [3.8, 4) is 11.4 Å². The van der Waals surface area contributed by atoms with Crippen LogP contribution in [0.2, 0.25) is 0 Å². The van der Waals surface area contributed by atoms with Gasteiger partial charge >= 0.3 is 0 Å². The van der Waals surface area contributed by atoms with Crippen LogP contribution in [0.5, 0.6) is 0 Å². The van der Waals surface area contributed by atoms with Gasteiger partial charge in [-0.2, -0.15) is 0 Å². The molecule has 2 aliphatic rings. The van der Waals surface area contributed by atoms with E-state index < -0.39 is 0 Å². The molecule has 1 aromatic heterocycles. The van der Waals surface area contributed by atoms with E-state index >= 15 is 0 Å². The number of benzene rings is 2. The molecule has 2 aromatic carbocycles. The molecule has 1 fully saturated rings. The van der Waals surface area contributed by atoms with Crippen LogP contribution in [0.4, 0.5) is 5.82 Å². The van der Waals surface area contributed by atoms with Gasteiger partial charge in [-0.05, 0) is 36.1 Å². The summed E-state index contributed by atoms with van der Waals surface area (Å²) < 4.78 is 5.44. The minimum absolute atomic E-state index is 0.00545. The van der Waals surface area contributed by atoms with Gasteiger partial charge in [0.05, 0.1) is 32.2 Å². The number of fused-ring (bicyclic) bond motifs is 1. The summed E-state index contributed by atoms with van der Waals surface area (Å²) in [6.45, 7) is 8.42. The predicted molar refractivity (Wildman–Crippen MR) is 134 cm³/mol. The lowest BCUT2D eigenvalue weighted by Crippen LogP contribution is -2.47. The SMILES string of the molecule is CC(C)c1ccccc1-c1ncc2c(n1)N(Cc1ccc(C(=O)N3CCOC[C@H]3C)cc1)C(=O)C2. The number of anilines is 1. The van der Waals surface area contributed by atoms with Crippen molar-refractivity contribution in [1.82, 2.24) is 14.9 Å². The highest BCUT2D eigenvalue weighted by Crippen LogP contribution is 2.32. The van der Waals surface area contributed by atoms with Crippen molar-refractivity contribution >= 4 is 17.6 Å². The van der Waals surface area contributed by atoms with Crippen molar-refractivity contribution in [3.63, 3.8) is 0 Å². The van der Waals surface area contributed by atoms with E-state index in [0.717, 1.165) is 16.7 Å². The molecule has 0 unspecified atom stereocenters. The topological polar surface area (TPSA) is 75.6 Å². The molecule has 1 saturated heterocycles. The number of hydrogen-bond donors (Lipinski definition) is 0. The van der Waals surface area contributed by atoms with E-state index in [0.29, 0.717) is 55.8 Å². The van der Waals surface area contributed by atoms with Gasteiger partial charge in [0.2, 0.25) is 5.91 Å². The Morgan fingerprint density at radius 1 is 1.14 bits per heavy atom. The van der Waals surface area contributed by atoms with Gasteiger partial charge < -0.3 is 9.64 Å². The lowest BCUT2D eigenvalue weighted by molar-refractivity contribution is -0.117. The van der Waals surface area contributed by atoms with Crippen molar-refractivity contribution in [2.45, 2.75) is 45.7 Å². The van der Waals surface area contributed by atoms with E-state index in [1.54, 1.807) is 11.1 Å². The number of rotatable bonds is 5. The summed E-state index contributed by atoms with van der Waals surface area (Å²) in [5.41, 5.74) is 4.60. The number of hydrogen-bond acceptors (Lipinski definition) is 5. The highest BCUT2D eigenvalue weighted by Gasteiger charge is 2.30. The fraction of sp³-hybridized carbons (Fsp3) is 0.357. The highest BCUT2D eigenvalue weighted by atomic mass is 16.5. The molecule has 2 aliphatic heterocycles. The zero-order chi connectivity index (χ0) is 24.5. The first-order chi connectivity index (χ1) is 16.9. The predicted octanol–water partition coefficient (Wildman–Crippen LogP) is 4.22. The highest BCUT2D eigenvalue weighted by molar-refractivity contribution is 6.00. The zero-order valence-electron chi connectivity index (χ0n) is 20.4. The molecule has 0 spiro atoms. The largest absolute Gasteiger partial charge is 0.377 e. The average molecular weight is 471 g/mol. The molecule has 7 heteroatoms. The van der Waals surface area contributed by atoms with Gasteiger partial charge in [0, 0.05) is 29.4 Å². The maximum absolute atomic E-state index is 12.9. The van der Waals surface area contributed by atoms with E-state index in [1.807, 2.05) is 54.3 Å².